The lowest BCUT2D eigenvalue weighted by atomic mass is 10.1. The number of anilines is 3. The molecular formula is C19H18Cl2N4O. The Labute approximate surface area is 162 Å². The van der Waals surface area contributed by atoms with E-state index in [1.165, 1.54) is 6.33 Å². The summed E-state index contributed by atoms with van der Waals surface area (Å²) in [4.78, 5) is 8.32. The Kier molecular flexibility index (Phi) is 5.20. The van der Waals surface area contributed by atoms with Gasteiger partial charge in [0, 0.05) is 15.7 Å². The van der Waals surface area contributed by atoms with Crippen LogP contribution in [0.15, 0.2) is 36.7 Å². The van der Waals surface area contributed by atoms with Gasteiger partial charge in [-0.2, -0.15) is 4.98 Å². The second-order valence-electron chi connectivity index (χ2n) is 6.00. The fourth-order valence-electron chi connectivity index (χ4n) is 2.44. The van der Waals surface area contributed by atoms with Crippen LogP contribution in [0.1, 0.15) is 16.7 Å². The lowest BCUT2D eigenvalue weighted by Gasteiger charge is -2.13. The van der Waals surface area contributed by atoms with Crippen molar-refractivity contribution in [2.75, 3.05) is 11.1 Å². The Morgan fingerprint density at radius 3 is 2.31 bits per heavy atom. The lowest BCUT2D eigenvalue weighted by Crippen LogP contribution is -2.03. The summed E-state index contributed by atoms with van der Waals surface area (Å²) in [5, 5.41) is 4.51. The van der Waals surface area contributed by atoms with E-state index in [9.17, 15) is 0 Å². The van der Waals surface area contributed by atoms with Gasteiger partial charge in [-0.1, -0.05) is 29.3 Å². The molecule has 0 aliphatic heterocycles. The second-order valence-corrected chi connectivity index (χ2v) is 6.79. The number of hydrogen-bond acceptors (Lipinski definition) is 5. The van der Waals surface area contributed by atoms with E-state index < -0.39 is 0 Å². The first-order valence-electron chi connectivity index (χ1n) is 7.93. The molecule has 3 N–H and O–H groups in total. The maximum Gasteiger partial charge on any atom is 0.248 e. The predicted molar refractivity (Wildman–Crippen MR) is 107 cm³/mol. The van der Waals surface area contributed by atoms with Gasteiger partial charge in [-0.05, 0) is 61.7 Å². The van der Waals surface area contributed by atoms with Gasteiger partial charge in [0.1, 0.15) is 17.8 Å². The highest BCUT2D eigenvalue weighted by molar-refractivity contribution is 6.32. The van der Waals surface area contributed by atoms with Crippen LogP contribution in [0.2, 0.25) is 10.0 Å². The number of aromatic nitrogens is 2. The Balaban J connectivity index is 1.88. The van der Waals surface area contributed by atoms with Gasteiger partial charge in [0.05, 0.1) is 0 Å². The van der Waals surface area contributed by atoms with E-state index in [2.05, 4.69) is 15.3 Å². The fraction of sp³-hybridized carbons (Fsp3) is 0.158. The molecule has 0 spiro atoms. The molecule has 0 unspecified atom stereocenters. The quantitative estimate of drug-likeness (QED) is 0.588. The highest BCUT2D eigenvalue weighted by atomic mass is 35.5. The minimum absolute atomic E-state index is 0.266. The Morgan fingerprint density at radius 2 is 1.65 bits per heavy atom. The molecule has 0 saturated carbocycles. The van der Waals surface area contributed by atoms with E-state index >= 15 is 0 Å². The molecular weight excluding hydrogens is 371 g/mol. The number of nitrogen functional groups attached to an aromatic ring is 1. The van der Waals surface area contributed by atoms with Crippen LogP contribution in [0.4, 0.5) is 17.2 Å². The van der Waals surface area contributed by atoms with Crippen LogP contribution in [0.3, 0.4) is 0 Å². The third-order valence-corrected chi connectivity index (χ3v) is 4.91. The molecule has 26 heavy (non-hydrogen) atoms. The molecule has 0 fully saturated rings. The van der Waals surface area contributed by atoms with Crippen LogP contribution < -0.4 is 15.8 Å². The number of rotatable bonds is 4. The highest BCUT2D eigenvalue weighted by Gasteiger charge is 2.12. The molecule has 5 nitrogen and oxygen atoms in total. The number of hydrogen-bond donors (Lipinski definition) is 2. The Morgan fingerprint density at radius 1 is 0.962 bits per heavy atom. The molecule has 0 aliphatic carbocycles. The fourth-order valence-corrected chi connectivity index (χ4v) is 2.73. The van der Waals surface area contributed by atoms with Gasteiger partial charge in [-0.25, -0.2) is 4.98 Å². The summed E-state index contributed by atoms with van der Waals surface area (Å²) >= 11 is 12.4. The zero-order valence-electron chi connectivity index (χ0n) is 14.6. The standard InChI is InChI=1S/C19H18Cl2N4O/c1-10-4-5-13(8-15(10)20)25-18-17(22)19(24-9-23-18)26-14-6-11(2)16(21)12(3)7-14/h4-9H,22H2,1-3H3,(H,23,24,25). The van der Waals surface area contributed by atoms with Crippen molar-refractivity contribution in [2.24, 2.45) is 0 Å². The van der Waals surface area contributed by atoms with Gasteiger partial charge < -0.3 is 15.8 Å². The van der Waals surface area contributed by atoms with E-state index in [-0.39, 0.29) is 5.88 Å². The van der Waals surface area contributed by atoms with Crippen molar-refractivity contribution >= 4 is 40.4 Å². The lowest BCUT2D eigenvalue weighted by molar-refractivity contribution is 0.464. The topological polar surface area (TPSA) is 73.1 Å². The van der Waals surface area contributed by atoms with Crippen molar-refractivity contribution < 1.29 is 4.74 Å². The minimum Gasteiger partial charge on any atom is -0.437 e. The number of nitrogens with zero attached hydrogens (tertiary/aromatic N) is 2. The van der Waals surface area contributed by atoms with Crippen molar-refractivity contribution in [3.8, 4) is 11.6 Å². The zero-order chi connectivity index (χ0) is 18.8. The van der Waals surface area contributed by atoms with Crippen molar-refractivity contribution in [1.29, 1.82) is 0 Å². The average molecular weight is 389 g/mol. The third-order valence-electron chi connectivity index (χ3n) is 3.91. The summed E-state index contributed by atoms with van der Waals surface area (Å²) in [6, 6.07) is 9.30. The summed E-state index contributed by atoms with van der Waals surface area (Å²) in [6.07, 6.45) is 1.39. The molecule has 2 aromatic carbocycles. The Hall–Kier alpha value is -2.50. The van der Waals surface area contributed by atoms with Crippen LogP contribution in [0, 0.1) is 20.8 Å². The molecule has 1 aromatic heterocycles. The SMILES string of the molecule is Cc1ccc(Nc2ncnc(Oc3cc(C)c(Cl)c(C)c3)c2N)cc1Cl. The van der Waals surface area contributed by atoms with Crippen LogP contribution in [-0.4, -0.2) is 9.97 Å². The first-order chi connectivity index (χ1) is 12.3. The molecule has 3 rings (SSSR count). The number of aryl methyl sites for hydroxylation is 3. The molecule has 0 saturated heterocycles. The molecule has 134 valence electrons. The van der Waals surface area contributed by atoms with Crippen molar-refractivity contribution in [2.45, 2.75) is 20.8 Å². The van der Waals surface area contributed by atoms with Gasteiger partial charge in [-0.3, -0.25) is 0 Å². The van der Waals surface area contributed by atoms with Gasteiger partial charge in [0.25, 0.3) is 0 Å². The number of halogens is 2. The summed E-state index contributed by atoms with van der Waals surface area (Å²) < 4.78 is 5.85. The van der Waals surface area contributed by atoms with E-state index in [4.69, 9.17) is 33.7 Å². The van der Waals surface area contributed by atoms with Crippen molar-refractivity contribution in [1.82, 2.24) is 9.97 Å². The number of nitrogens with two attached hydrogens (primary N) is 1. The largest absolute Gasteiger partial charge is 0.437 e. The van der Waals surface area contributed by atoms with Gasteiger partial charge in [0.2, 0.25) is 5.88 Å². The Bertz CT molecular complexity index is 953. The molecule has 0 aliphatic rings. The average Bonchev–Trinajstić information content (AvgIpc) is 2.59. The summed E-state index contributed by atoms with van der Waals surface area (Å²) in [5.74, 6) is 1.32. The molecule has 7 heteroatoms. The number of nitrogens with one attached hydrogen (secondary N) is 1. The van der Waals surface area contributed by atoms with E-state index in [0.29, 0.717) is 27.3 Å². The maximum atomic E-state index is 6.20. The van der Waals surface area contributed by atoms with Gasteiger partial charge in [0.15, 0.2) is 5.82 Å². The highest BCUT2D eigenvalue weighted by Crippen LogP contribution is 2.34. The molecule has 3 aromatic rings. The first-order valence-corrected chi connectivity index (χ1v) is 8.69. The van der Waals surface area contributed by atoms with Crippen molar-refractivity contribution in [3.63, 3.8) is 0 Å². The minimum atomic E-state index is 0.266. The summed E-state index contributed by atoms with van der Waals surface area (Å²) in [5.41, 5.74) is 10.1. The predicted octanol–water partition coefficient (Wildman–Crippen LogP) is 5.83. The second kappa shape index (κ2) is 7.40. The van der Waals surface area contributed by atoms with Gasteiger partial charge in [-0.15, -0.1) is 0 Å². The van der Waals surface area contributed by atoms with Crippen molar-refractivity contribution in [3.05, 3.63) is 63.4 Å². The van der Waals surface area contributed by atoms with Crippen LogP contribution in [0.5, 0.6) is 11.6 Å². The molecule has 0 atom stereocenters. The van der Waals surface area contributed by atoms with Gasteiger partial charge >= 0.3 is 0 Å². The normalized spacial score (nSPS) is 10.7. The van der Waals surface area contributed by atoms with Crippen LogP contribution >= 0.6 is 23.2 Å². The number of benzene rings is 2. The number of ether oxygens (including phenoxy) is 1. The maximum absolute atomic E-state index is 6.20. The third kappa shape index (κ3) is 3.84. The molecule has 1 heterocycles. The van der Waals surface area contributed by atoms with Crippen LogP contribution in [0.25, 0.3) is 0 Å². The molecule has 0 bridgehead atoms. The van der Waals surface area contributed by atoms with Crippen LogP contribution in [-0.2, 0) is 0 Å². The molecule has 0 radical (unpaired) electrons. The van der Waals surface area contributed by atoms with E-state index in [0.717, 1.165) is 22.4 Å². The van der Waals surface area contributed by atoms with E-state index in [1.807, 2.05) is 51.1 Å². The smallest absolute Gasteiger partial charge is 0.248 e. The summed E-state index contributed by atoms with van der Waals surface area (Å²) in [7, 11) is 0. The first kappa shape index (κ1) is 18.3. The summed E-state index contributed by atoms with van der Waals surface area (Å²) in [6.45, 7) is 5.77. The van der Waals surface area contributed by atoms with E-state index in [1.54, 1.807) is 0 Å². The zero-order valence-corrected chi connectivity index (χ0v) is 16.1. The monoisotopic (exact) mass is 388 g/mol. The molecule has 0 amide bonds.